The van der Waals surface area contributed by atoms with Crippen molar-refractivity contribution in [2.24, 2.45) is 0 Å². The highest BCUT2D eigenvalue weighted by Crippen LogP contribution is 2.27. The SMILES string of the molecule is C=C(CNc1cc(Cl)c(F)c(Cl)c1)c1ccccc1. The first kappa shape index (κ1) is 13.9. The fourth-order valence-corrected chi connectivity index (χ4v) is 2.13. The van der Waals surface area contributed by atoms with Gasteiger partial charge in [0.05, 0.1) is 10.0 Å². The molecule has 0 amide bonds. The summed E-state index contributed by atoms with van der Waals surface area (Å²) in [6, 6.07) is 12.8. The lowest BCUT2D eigenvalue weighted by molar-refractivity contribution is 0.629. The Hall–Kier alpha value is -1.51. The van der Waals surface area contributed by atoms with E-state index in [2.05, 4.69) is 11.9 Å². The van der Waals surface area contributed by atoms with Crippen molar-refractivity contribution < 1.29 is 4.39 Å². The van der Waals surface area contributed by atoms with Gasteiger partial charge < -0.3 is 5.32 Å². The van der Waals surface area contributed by atoms with Crippen LogP contribution in [0.25, 0.3) is 5.57 Å². The van der Waals surface area contributed by atoms with Gasteiger partial charge in [0, 0.05) is 12.2 Å². The van der Waals surface area contributed by atoms with Crippen molar-refractivity contribution in [2.45, 2.75) is 0 Å². The van der Waals surface area contributed by atoms with Crippen LogP contribution in [0.4, 0.5) is 10.1 Å². The van der Waals surface area contributed by atoms with Crippen molar-refractivity contribution in [1.29, 1.82) is 0 Å². The van der Waals surface area contributed by atoms with Crippen LogP contribution in [-0.2, 0) is 0 Å². The Balaban J connectivity index is 2.05. The Kier molecular flexibility index (Phi) is 4.46. The number of nitrogens with one attached hydrogen (secondary N) is 1. The van der Waals surface area contributed by atoms with Crippen LogP contribution < -0.4 is 5.32 Å². The molecule has 2 aromatic carbocycles. The molecular formula is C15H12Cl2FN. The standard InChI is InChI=1S/C15H12Cl2FN/c1-10(11-5-3-2-4-6-11)9-19-12-7-13(16)15(18)14(17)8-12/h2-8,19H,1,9H2. The summed E-state index contributed by atoms with van der Waals surface area (Å²) in [6.07, 6.45) is 0. The van der Waals surface area contributed by atoms with Crippen molar-refractivity contribution in [3.8, 4) is 0 Å². The van der Waals surface area contributed by atoms with Gasteiger partial charge in [0.15, 0.2) is 5.82 Å². The number of benzene rings is 2. The zero-order valence-corrected chi connectivity index (χ0v) is 11.6. The third-order valence-electron chi connectivity index (χ3n) is 2.67. The van der Waals surface area contributed by atoms with E-state index < -0.39 is 5.82 Å². The first-order valence-electron chi connectivity index (χ1n) is 5.69. The van der Waals surface area contributed by atoms with E-state index in [9.17, 15) is 4.39 Å². The predicted molar refractivity (Wildman–Crippen MR) is 80.4 cm³/mol. The smallest absolute Gasteiger partial charge is 0.160 e. The van der Waals surface area contributed by atoms with E-state index in [1.807, 2.05) is 30.3 Å². The average Bonchev–Trinajstić information content (AvgIpc) is 2.43. The van der Waals surface area contributed by atoms with Crippen molar-refractivity contribution >= 4 is 34.5 Å². The van der Waals surface area contributed by atoms with Gasteiger partial charge in [0.2, 0.25) is 0 Å². The molecule has 0 saturated heterocycles. The lowest BCUT2D eigenvalue weighted by Gasteiger charge is -2.10. The van der Waals surface area contributed by atoms with Gasteiger partial charge in [-0.05, 0) is 23.3 Å². The summed E-state index contributed by atoms with van der Waals surface area (Å²) in [6.45, 7) is 4.53. The van der Waals surface area contributed by atoms with Crippen LogP contribution in [0.3, 0.4) is 0 Å². The molecule has 1 nitrogen and oxygen atoms in total. The molecule has 0 aliphatic carbocycles. The maximum absolute atomic E-state index is 13.3. The maximum atomic E-state index is 13.3. The van der Waals surface area contributed by atoms with Crippen LogP contribution in [-0.4, -0.2) is 6.54 Å². The molecule has 19 heavy (non-hydrogen) atoms. The molecule has 0 saturated carbocycles. The third-order valence-corrected chi connectivity index (χ3v) is 3.22. The summed E-state index contributed by atoms with van der Waals surface area (Å²) in [5.41, 5.74) is 2.64. The molecule has 0 atom stereocenters. The molecule has 0 fully saturated rings. The molecule has 0 aromatic heterocycles. The number of halogens is 3. The quantitative estimate of drug-likeness (QED) is 0.759. The molecule has 0 heterocycles. The molecular weight excluding hydrogens is 284 g/mol. The average molecular weight is 296 g/mol. The number of hydrogen-bond donors (Lipinski definition) is 1. The zero-order chi connectivity index (χ0) is 13.8. The Morgan fingerprint density at radius 3 is 2.26 bits per heavy atom. The summed E-state index contributed by atoms with van der Waals surface area (Å²) in [4.78, 5) is 0. The minimum absolute atomic E-state index is 0.000299. The highest BCUT2D eigenvalue weighted by atomic mass is 35.5. The monoisotopic (exact) mass is 295 g/mol. The van der Waals surface area contributed by atoms with Crippen molar-refractivity contribution in [3.05, 3.63) is 70.5 Å². The van der Waals surface area contributed by atoms with Crippen LogP contribution in [0.15, 0.2) is 49.0 Å². The second kappa shape index (κ2) is 6.09. The fraction of sp³-hybridized carbons (Fsp3) is 0.0667. The van der Waals surface area contributed by atoms with Gasteiger partial charge in [0.25, 0.3) is 0 Å². The predicted octanol–water partition coefficient (Wildman–Crippen LogP) is 5.26. The molecule has 0 radical (unpaired) electrons. The molecule has 2 rings (SSSR count). The topological polar surface area (TPSA) is 12.0 Å². The Bertz CT molecular complexity index is 573. The molecule has 0 bridgehead atoms. The van der Waals surface area contributed by atoms with Gasteiger partial charge in [-0.3, -0.25) is 0 Å². The molecule has 2 aromatic rings. The molecule has 0 aliphatic heterocycles. The number of rotatable bonds is 4. The van der Waals surface area contributed by atoms with E-state index in [0.29, 0.717) is 12.2 Å². The fourth-order valence-electron chi connectivity index (χ4n) is 1.64. The Labute approximate surface area is 121 Å². The Morgan fingerprint density at radius 1 is 1.11 bits per heavy atom. The summed E-state index contributed by atoms with van der Waals surface area (Å²) in [5, 5.41) is 3.12. The lowest BCUT2D eigenvalue weighted by atomic mass is 10.1. The molecule has 0 aliphatic rings. The van der Waals surface area contributed by atoms with E-state index in [0.717, 1.165) is 11.1 Å². The van der Waals surface area contributed by atoms with Crippen molar-refractivity contribution in [1.82, 2.24) is 0 Å². The van der Waals surface area contributed by atoms with E-state index in [-0.39, 0.29) is 10.0 Å². The van der Waals surface area contributed by atoms with Crippen LogP contribution in [0.1, 0.15) is 5.56 Å². The highest BCUT2D eigenvalue weighted by molar-refractivity contribution is 6.35. The molecule has 0 unspecified atom stereocenters. The van der Waals surface area contributed by atoms with E-state index in [1.165, 1.54) is 12.1 Å². The summed E-state index contributed by atoms with van der Waals surface area (Å²) in [5.74, 6) is -0.601. The third kappa shape index (κ3) is 3.49. The second-order valence-corrected chi connectivity index (χ2v) is 4.89. The van der Waals surface area contributed by atoms with Crippen LogP contribution >= 0.6 is 23.2 Å². The summed E-state index contributed by atoms with van der Waals surface area (Å²) < 4.78 is 13.3. The molecule has 0 spiro atoms. The molecule has 4 heteroatoms. The van der Waals surface area contributed by atoms with Crippen molar-refractivity contribution in [3.63, 3.8) is 0 Å². The lowest BCUT2D eigenvalue weighted by Crippen LogP contribution is -2.03. The minimum atomic E-state index is -0.601. The maximum Gasteiger partial charge on any atom is 0.160 e. The van der Waals surface area contributed by atoms with Gasteiger partial charge in [-0.15, -0.1) is 0 Å². The second-order valence-electron chi connectivity index (χ2n) is 4.08. The molecule has 98 valence electrons. The minimum Gasteiger partial charge on any atom is -0.381 e. The first-order valence-corrected chi connectivity index (χ1v) is 6.45. The Morgan fingerprint density at radius 2 is 1.68 bits per heavy atom. The summed E-state index contributed by atoms with van der Waals surface area (Å²) in [7, 11) is 0. The zero-order valence-electron chi connectivity index (χ0n) is 10.1. The van der Waals surface area contributed by atoms with E-state index >= 15 is 0 Å². The number of hydrogen-bond acceptors (Lipinski definition) is 1. The van der Waals surface area contributed by atoms with Gasteiger partial charge >= 0.3 is 0 Å². The van der Waals surface area contributed by atoms with Crippen molar-refractivity contribution in [2.75, 3.05) is 11.9 Å². The highest BCUT2D eigenvalue weighted by Gasteiger charge is 2.07. The summed E-state index contributed by atoms with van der Waals surface area (Å²) >= 11 is 11.5. The van der Waals surface area contributed by atoms with E-state index in [1.54, 1.807) is 0 Å². The molecule has 1 N–H and O–H groups in total. The van der Waals surface area contributed by atoms with Gasteiger partial charge in [-0.1, -0.05) is 60.1 Å². The van der Waals surface area contributed by atoms with Crippen LogP contribution in [0, 0.1) is 5.82 Å². The van der Waals surface area contributed by atoms with Crippen LogP contribution in [0.2, 0.25) is 10.0 Å². The van der Waals surface area contributed by atoms with Gasteiger partial charge in [-0.2, -0.15) is 0 Å². The first-order chi connectivity index (χ1) is 9.08. The van der Waals surface area contributed by atoms with Gasteiger partial charge in [0.1, 0.15) is 0 Å². The number of anilines is 1. The van der Waals surface area contributed by atoms with E-state index in [4.69, 9.17) is 23.2 Å². The van der Waals surface area contributed by atoms with Crippen LogP contribution in [0.5, 0.6) is 0 Å². The van der Waals surface area contributed by atoms with Gasteiger partial charge in [-0.25, -0.2) is 4.39 Å². The largest absolute Gasteiger partial charge is 0.381 e. The normalized spacial score (nSPS) is 10.3.